The highest BCUT2D eigenvalue weighted by Crippen LogP contribution is 2.30. The molecule has 9 heteroatoms. The molecule has 2 amide bonds. The third-order valence-electron chi connectivity index (χ3n) is 4.01. The van der Waals surface area contributed by atoms with Gasteiger partial charge in [-0.3, -0.25) is 14.5 Å². The fraction of sp³-hybridized carbons (Fsp3) is 0.111. The fourth-order valence-electron chi connectivity index (χ4n) is 2.76. The Kier molecular flexibility index (Phi) is 4.59. The Morgan fingerprint density at radius 1 is 1.19 bits per heavy atom. The summed E-state index contributed by atoms with van der Waals surface area (Å²) < 4.78 is 5.21. The zero-order valence-corrected chi connectivity index (χ0v) is 15.7. The molecule has 2 aromatic carbocycles. The van der Waals surface area contributed by atoms with E-state index in [9.17, 15) is 9.59 Å². The number of nitrogens with zero attached hydrogens (tertiary/aromatic N) is 3. The van der Waals surface area contributed by atoms with Crippen LogP contribution in [0.5, 0.6) is 5.75 Å². The van der Waals surface area contributed by atoms with Gasteiger partial charge < -0.3 is 10.1 Å². The van der Waals surface area contributed by atoms with Crippen LogP contribution in [-0.2, 0) is 9.59 Å². The first kappa shape index (κ1) is 17.6. The van der Waals surface area contributed by atoms with Gasteiger partial charge in [-0.05, 0) is 30.3 Å². The van der Waals surface area contributed by atoms with E-state index in [0.29, 0.717) is 32.9 Å². The second-order valence-electron chi connectivity index (χ2n) is 5.69. The summed E-state index contributed by atoms with van der Waals surface area (Å²) in [6.07, 6.45) is 0. The van der Waals surface area contributed by atoms with Crippen LogP contribution in [0.3, 0.4) is 0 Å². The summed E-state index contributed by atoms with van der Waals surface area (Å²) >= 11 is 7.27. The molecule has 2 aliphatic heterocycles. The Hall–Kier alpha value is -2.84. The number of nitrogens with one attached hydrogen (secondary N) is 1. The molecule has 0 unspecified atom stereocenters. The number of thioether (sulfide) groups is 1. The van der Waals surface area contributed by atoms with Crippen LogP contribution in [0.1, 0.15) is 5.56 Å². The van der Waals surface area contributed by atoms with Gasteiger partial charge >= 0.3 is 0 Å². The Morgan fingerprint density at radius 2 is 2.04 bits per heavy atom. The number of hydrogen-bond acceptors (Lipinski definition) is 6. The number of methoxy groups -OCH3 is 1. The highest BCUT2D eigenvalue weighted by atomic mass is 35.5. The van der Waals surface area contributed by atoms with E-state index in [0.717, 1.165) is 0 Å². The van der Waals surface area contributed by atoms with Crippen molar-refractivity contribution in [1.29, 1.82) is 0 Å². The maximum absolute atomic E-state index is 12.3. The molecule has 1 saturated heterocycles. The van der Waals surface area contributed by atoms with Gasteiger partial charge in [0.15, 0.2) is 10.9 Å². The van der Waals surface area contributed by atoms with Crippen LogP contribution in [0.4, 0.5) is 11.4 Å². The van der Waals surface area contributed by atoms with E-state index >= 15 is 0 Å². The molecule has 136 valence electrons. The van der Waals surface area contributed by atoms with E-state index in [4.69, 9.17) is 16.3 Å². The molecule has 4 rings (SSSR count). The molecule has 0 aliphatic carbocycles. The van der Waals surface area contributed by atoms with Gasteiger partial charge in [0.2, 0.25) is 5.91 Å². The summed E-state index contributed by atoms with van der Waals surface area (Å²) in [5, 5.41) is 11.9. The molecule has 0 bridgehead atoms. The van der Waals surface area contributed by atoms with Crippen molar-refractivity contribution in [3.05, 3.63) is 53.1 Å². The van der Waals surface area contributed by atoms with Crippen molar-refractivity contribution in [3.8, 4) is 5.75 Å². The Labute approximate surface area is 164 Å². The van der Waals surface area contributed by atoms with E-state index in [-0.39, 0.29) is 23.3 Å². The van der Waals surface area contributed by atoms with E-state index < -0.39 is 0 Å². The molecule has 2 aromatic rings. The van der Waals surface area contributed by atoms with E-state index in [1.54, 1.807) is 49.6 Å². The second kappa shape index (κ2) is 7.05. The van der Waals surface area contributed by atoms with Gasteiger partial charge in [-0.25, -0.2) is 0 Å². The number of hydrogen-bond donors (Lipinski definition) is 1. The van der Waals surface area contributed by atoms with Gasteiger partial charge in [0.25, 0.3) is 5.91 Å². The standard InChI is InChI=1S/C18H13ClN4O3S/c1-26-12-4-2-3-11(8-12)23-15(24)9-27-18(23)22-21-16-13-7-10(19)5-6-14(13)20-17(16)25/h2-8H,9H2,1H3,(H,20,21,25). The Morgan fingerprint density at radius 3 is 2.85 bits per heavy atom. The lowest BCUT2D eigenvalue weighted by molar-refractivity contribution is -0.115. The number of anilines is 2. The lowest BCUT2D eigenvalue weighted by atomic mass is 10.1. The maximum Gasteiger partial charge on any atom is 0.276 e. The van der Waals surface area contributed by atoms with Crippen molar-refractivity contribution >= 4 is 57.4 Å². The van der Waals surface area contributed by atoms with Gasteiger partial charge in [0.1, 0.15) is 5.75 Å². The number of amides is 2. The summed E-state index contributed by atoms with van der Waals surface area (Å²) in [5.41, 5.74) is 2.00. The first-order valence-electron chi connectivity index (χ1n) is 7.93. The van der Waals surface area contributed by atoms with Crippen LogP contribution >= 0.6 is 23.4 Å². The van der Waals surface area contributed by atoms with Gasteiger partial charge in [-0.15, -0.1) is 10.2 Å². The average Bonchev–Trinajstić information content (AvgIpc) is 3.19. The first-order valence-corrected chi connectivity index (χ1v) is 9.30. The summed E-state index contributed by atoms with van der Waals surface area (Å²) in [4.78, 5) is 26.0. The fourth-order valence-corrected chi connectivity index (χ4v) is 3.75. The van der Waals surface area contributed by atoms with Crippen molar-refractivity contribution in [2.45, 2.75) is 0 Å². The van der Waals surface area contributed by atoms with Crippen molar-refractivity contribution in [1.82, 2.24) is 0 Å². The second-order valence-corrected chi connectivity index (χ2v) is 7.07. The Balaban J connectivity index is 1.71. The monoisotopic (exact) mass is 400 g/mol. The first-order chi connectivity index (χ1) is 13.1. The minimum absolute atomic E-state index is 0.119. The molecule has 1 fully saturated rings. The molecule has 1 N–H and O–H groups in total. The highest BCUT2D eigenvalue weighted by molar-refractivity contribution is 8.15. The molecule has 2 heterocycles. The molecule has 0 saturated carbocycles. The van der Waals surface area contributed by atoms with Gasteiger partial charge in [0.05, 0.1) is 24.2 Å². The van der Waals surface area contributed by atoms with Crippen molar-refractivity contribution in [2.24, 2.45) is 10.2 Å². The minimum atomic E-state index is -0.362. The molecular formula is C18H13ClN4O3S. The van der Waals surface area contributed by atoms with Crippen molar-refractivity contribution in [2.75, 3.05) is 23.1 Å². The molecule has 2 aliphatic rings. The zero-order valence-electron chi connectivity index (χ0n) is 14.1. The van der Waals surface area contributed by atoms with Crippen molar-refractivity contribution < 1.29 is 14.3 Å². The van der Waals surface area contributed by atoms with Gasteiger partial charge in [-0.1, -0.05) is 29.4 Å². The summed E-state index contributed by atoms with van der Waals surface area (Å²) in [6.45, 7) is 0. The summed E-state index contributed by atoms with van der Waals surface area (Å²) in [5.74, 6) is 0.391. The molecule has 0 atom stereocenters. The Bertz CT molecular complexity index is 1020. The largest absolute Gasteiger partial charge is 0.497 e. The number of ether oxygens (including phenoxy) is 1. The topological polar surface area (TPSA) is 83.4 Å². The number of rotatable bonds is 3. The van der Waals surface area contributed by atoms with Crippen LogP contribution in [0.25, 0.3) is 0 Å². The third kappa shape index (κ3) is 3.29. The molecular weight excluding hydrogens is 388 g/mol. The zero-order chi connectivity index (χ0) is 19.0. The number of benzene rings is 2. The predicted molar refractivity (Wildman–Crippen MR) is 107 cm³/mol. The smallest absolute Gasteiger partial charge is 0.276 e. The highest BCUT2D eigenvalue weighted by Gasteiger charge is 2.31. The number of carbonyl (C=O) groups is 2. The number of fused-ring (bicyclic) bond motifs is 1. The van der Waals surface area contributed by atoms with E-state index in [1.807, 2.05) is 0 Å². The predicted octanol–water partition coefficient (Wildman–Crippen LogP) is 3.14. The van der Waals surface area contributed by atoms with E-state index in [1.165, 1.54) is 16.7 Å². The number of amidine groups is 1. The third-order valence-corrected chi connectivity index (χ3v) is 5.16. The quantitative estimate of drug-likeness (QED) is 0.802. The maximum atomic E-state index is 12.3. The van der Waals surface area contributed by atoms with Crippen molar-refractivity contribution in [3.63, 3.8) is 0 Å². The molecule has 7 nitrogen and oxygen atoms in total. The minimum Gasteiger partial charge on any atom is -0.497 e. The molecule has 0 aromatic heterocycles. The van der Waals surface area contributed by atoms with Crippen LogP contribution < -0.4 is 15.0 Å². The van der Waals surface area contributed by atoms with Crippen LogP contribution in [-0.4, -0.2) is 35.6 Å². The number of halogens is 1. The van der Waals surface area contributed by atoms with Crippen LogP contribution in [0.2, 0.25) is 5.02 Å². The average molecular weight is 401 g/mol. The van der Waals surface area contributed by atoms with Crippen LogP contribution in [0, 0.1) is 0 Å². The van der Waals surface area contributed by atoms with Gasteiger partial charge in [-0.2, -0.15) is 0 Å². The van der Waals surface area contributed by atoms with Gasteiger partial charge in [0, 0.05) is 16.7 Å². The molecule has 0 spiro atoms. The van der Waals surface area contributed by atoms with E-state index in [2.05, 4.69) is 15.5 Å². The summed E-state index contributed by atoms with van der Waals surface area (Å²) in [7, 11) is 1.56. The molecule has 0 radical (unpaired) electrons. The lowest BCUT2D eigenvalue weighted by Crippen LogP contribution is -2.29. The number of carbonyl (C=O) groups excluding carboxylic acids is 2. The molecule has 27 heavy (non-hydrogen) atoms. The van der Waals surface area contributed by atoms with Crippen LogP contribution in [0.15, 0.2) is 52.7 Å². The lowest BCUT2D eigenvalue weighted by Gasteiger charge is -2.15. The summed E-state index contributed by atoms with van der Waals surface area (Å²) in [6, 6.07) is 12.2. The normalized spacial score (nSPS) is 19.0. The SMILES string of the molecule is COc1cccc(N2C(=O)CSC2=NN=C2C(=O)Nc3ccc(Cl)cc32)c1.